The van der Waals surface area contributed by atoms with Crippen LogP contribution in [0.5, 0.6) is 0 Å². The number of nitrogens with zero attached hydrogens (tertiary/aromatic N) is 1. The van der Waals surface area contributed by atoms with E-state index in [4.69, 9.17) is 5.73 Å². The Morgan fingerprint density at radius 1 is 1.67 bits per heavy atom. The molecule has 3 N–H and O–H groups in total. The number of pyridine rings is 1. The van der Waals surface area contributed by atoms with Gasteiger partial charge in [-0.15, -0.1) is 0 Å². The molecule has 0 aliphatic rings. The summed E-state index contributed by atoms with van der Waals surface area (Å²) in [6.07, 6.45) is 3.62. The number of carbonyl (C=O) groups excluding carboxylic acids is 1. The second-order valence-corrected chi connectivity index (χ2v) is 4.96. The number of nitrogen functional groups attached to an aromatic ring is 1. The molecule has 1 rings (SSSR count). The number of aromatic nitrogens is 1. The van der Waals surface area contributed by atoms with Gasteiger partial charge < -0.3 is 15.8 Å². The summed E-state index contributed by atoms with van der Waals surface area (Å²) in [4.78, 5) is 15.6. The molecular weight excluding hydrogens is 250 g/mol. The minimum absolute atomic E-state index is 0.334. The summed E-state index contributed by atoms with van der Waals surface area (Å²) < 4.78 is 4.66. The van der Waals surface area contributed by atoms with E-state index in [-0.39, 0.29) is 0 Å². The average molecular weight is 269 g/mol. The van der Waals surface area contributed by atoms with Gasteiger partial charge in [-0.25, -0.2) is 9.78 Å². The fraction of sp³-hybridized carbons (Fsp3) is 0.500. The molecule has 0 amide bonds. The first kappa shape index (κ1) is 14.6. The average Bonchev–Trinajstić information content (AvgIpc) is 2.37. The fourth-order valence-corrected chi connectivity index (χ4v) is 2.20. The van der Waals surface area contributed by atoms with E-state index in [1.807, 2.05) is 0 Å². The molecule has 1 aromatic rings. The lowest BCUT2D eigenvalue weighted by Crippen LogP contribution is -2.16. The molecule has 0 aliphatic carbocycles. The Balaban J connectivity index is 2.75. The van der Waals surface area contributed by atoms with Crippen LogP contribution in [0.1, 0.15) is 17.3 Å². The molecule has 1 atom stereocenters. The number of hydrogen-bond donors (Lipinski definition) is 2. The number of anilines is 2. The smallest absolute Gasteiger partial charge is 0.340 e. The van der Waals surface area contributed by atoms with E-state index in [0.29, 0.717) is 23.0 Å². The standard InChI is InChI=1S/C12H19N3O2S/c1-8(7-18-3)6-15-11-10(13)9(4-5-14-11)12(16)17-2/h4-5,8H,6-7,13H2,1-3H3,(H,14,15). The Labute approximate surface area is 111 Å². The number of nitrogens with two attached hydrogens (primary N) is 1. The van der Waals surface area contributed by atoms with Crippen LogP contribution in [0, 0.1) is 5.92 Å². The van der Waals surface area contributed by atoms with Crippen LogP contribution in [0.25, 0.3) is 0 Å². The Bertz CT molecular complexity index is 412. The molecule has 0 saturated carbocycles. The normalized spacial score (nSPS) is 11.9. The number of ether oxygens (including phenoxy) is 1. The highest BCUT2D eigenvalue weighted by Crippen LogP contribution is 2.21. The first-order valence-corrected chi connectivity index (χ1v) is 7.05. The second kappa shape index (κ2) is 7.10. The number of thioether (sulfide) groups is 1. The molecule has 0 saturated heterocycles. The maximum atomic E-state index is 11.5. The molecule has 0 spiro atoms. The Morgan fingerprint density at radius 2 is 2.39 bits per heavy atom. The molecule has 1 aromatic heterocycles. The lowest BCUT2D eigenvalue weighted by molar-refractivity contribution is 0.0602. The van der Waals surface area contributed by atoms with E-state index in [2.05, 4.69) is 28.2 Å². The van der Waals surface area contributed by atoms with Crippen LogP contribution in [0.4, 0.5) is 11.5 Å². The van der Waals surface area contributed by atoms with Gasteiger partial charge in [-0.1, -0.05) is 6.92 Å². The van der Waals surface area contributed by atoms with Crippen LogP contribution in [0.2, 0.25) is 0 Å². The summed E-state index contributed by atoms with van der Waals surface area (Å²) >= 11 is 1.79. The molecule has 6 heteroatoms. The fourth-order valence-electron chi connectivity index (χ4n) is 1.52. The molecule has 0 radical (unpaired) electrons. The number of rotatable bonds is 6. The topological polar surface area (TPSA) is 77.2 Å². The summed E-state index contributed by atoms with van der Waals surface area (Å²) in [6, 6.07) is 1.55. The maximum absolute atomic E-state index is 11.5. The van der Waals surface area contributed by atoms with E-state index < -0.39 is 5.97 Å². The summed E-state index contributed by atoms with van der Waals surface area (Å²) in [5.74, 6) is 1.65. The van der Waals surface area contributed by atoms with Gasteiger partial charge in [0, 0.05) is 12.7 Å². The van der Waals surface area contributed by atoms with Crippen molar-refractivity contribution in [3.05, 3.63) is 17.8 Å². The molecule has 0 aromatic carbocycles. The van der Waals surface area contributed by atoms with Crippen molar-refractivity contribution in [3.8, 4) is 0 Å². The molecule has 0 aliphatic heterocycles. The molecule has 5 nitrogen and oxygen atoms in total. The number of nitrogens with one attached hydrogen (secondary N) is 1. The predicted octanol–water partition coefficient (Wildman–Crippen LogP) is 1.86. The predicted molar refractivity (Wildman–Crippen MR) is 76.0 cm³/mol. The summed E-state index contributed by atoms with van der Waals surface area (Å²) in [5.41, 5.74) is 6.56. The van der Waals surface area contributed by atoms with Crippen LogP contribution in [0.3, 0.4) is 0 Å². The van der Waals surface area contributed by atoms with Gasteiger partial charge in [-0.05, 0) is 24.0 Å². The Morgan fingerprint density at radius 3 is 3.00 bits per heavy atom. The summed E-state index contributed by atoms with van der Waals surface area (Å²) in [6.45, 7) is 2.91. The molecule has 100 valence electrons. The molecule has 1 unspecified atom stereocenters. The zero-order chi connectivity index (χ0) is 13.5. The van der Waals surface area contributed by atoms with E-state index in [0.717, 1.165) is 12.3 Å². The highest BCUT2D eigenvalue weighted by Gasteiger charge is 2.14. The van der Waals surface area contributed by atoms with Crippen molar-refractivity contribution < 1.29 is 9.53 Å². The second-order valence-electron chi connectivity index (χ2n) is 4.05. The summed E-state index contributed by atoms with van der Waals surface area (Å²) in [5, 5.41) is 3.16. The van der Waals surface area contributed by atoms with Crippen LogP contribution in [0.15, 0.2) is 12.3 Å². The van der Waals surface area contributed by atoms with Crippen molar-refractivity contribution in [3.63, 3.8) is 0 Å². The van der Waals surface area contributed by atoms with Gasteiger partial charge in [0.1, 0.15) is 5.82 Å². The highest BCUT2D eigenvalue weighted by molar-refractivity contribution is 7.98. The monoisotopic (exact) mass is 269 g/mol. The SMILES string of the molecule is COC(=O)c1ccnc(NCC(C)CSC)c1N. The largest absolute Gasteiger partial charge is 0.465 e. The maximum Gasteiger partial charge on any atom is 0.340 e. The lowest BCUT2D eigenvalue weighted by atomic mass is 10.2. The van der Waals surface area contributed by atoms with E-state index in [1.54, 1.807) is 24.0 Å². The minimum atomic E-state index is -0.449. The van der Waals surface area contributed by atoms with Crippen molar-refractivity contribution in [2.75, 3.05) is 36.7 Å². The third kappa shape index (κ3) is 3.80. The van der Waals surface area contributed by atoms with E-state index in [1.165, 1.54) is 7.11 Å². The van der Waals surface area contributed by atoms with Gasteiger partial charge in [-0.3, -0.25) is 0 Å². The Hall–Kier alpha value is -1.43. The molecular formula is C12H19N3O2S. The summed E-state index contributed by atoms with van der Waals surface area (Å²) in [7, 11) is 1.33. The highest BCUT2D eigenvalue weighted by atomic mass is 32.2. The van der Waals surface area contributed by atoms with Crippen LogP contribution in [-0.2, 0) is 4.74 Å². The minimum Gasteiger partial charge on any atom is -0.465 e. The lowest BCUT2D eigenvalue weighted by Gasteiger charge is -2.14. The molecule has 18 heavy (non-hydrogen) atoms. The third-order valence-corrected chi connectivity index (χ3v) is 3.37. The van der Waals surface area contributed by atoms with Crippen molar-refractivity contribution in [2.45, 2.75) is 6.92 Å². The van der Waals surface area contributed by atoms with Crippen molar-refractivity contribution in [2.24, 2.45) is 5.92 Å². The van der Waals surface area contributed by atoms with E-state index in [9.17, 15) is 4.79 Å². The number of carbonyl (C=O) groups is 1. The quantitative estimate of drug-likeness (QED) is 0.768. The van der Waals surface area contributed by atoms with Gasteiger partial charge in [0.2, 0.25) is 0 Å². The zero-order valence-corrected chi connectivity index (χ0v) is 11.7. The van der Waals surface area contributed by atoms with Crippen LogP contribution in [-0.4, -0.2) is 36.6 Å². The Kier molecular flexibility index (Phi) is 5.77. The number of esters is 1. The molecule has 1 heterocycles. The zero-order valence-electron chi connectivity index (χ0n) is 10.9. The van der Waals surface area contributed by atoms with E-state index >= 15 is 0 Å². The number of methoxy groups -OCH3 is 1. The van der Waals surface area contributed by atoms with Crippen molar-refractivity contribution in [1.82, 2.24) is 4.98 Å². The van der Waals surface area contributed by atoms with Crippen molar-refractivity contribution >= 4 is 29.2 Å². The van der Waals surface area contributed by atoms with Crippen molar-refractivity contribution in [1.29, 1.82) is 0 Å². The van der Waals surface area contributed by atoms with Crippen LogP contribution < -0.4 is 11.1 Å². The van der Waals surface area contributed by atoms with Gasteiger partial charge in [-0.2, -0.15) is 11.8 Å². The number of hydrogen-bond acceptors (Lipinski definition) is 6. The van der Waals surface area contributed by atoms with Gasteiger partial charge in [0.25, 0.3) is 0 Å². The third-order valence-electron chi connectivity index (χ3n) is 2.46. The molecule has 0 bridgehead atoms. The van der Waals surface area contributed by atoms with Gasteiger partial charge >= 0.3 is 5.97 Å². The van der Waals surface area contributed by atoms with Gasteiger partial charge in [0.15, 0.2) is 0 Å². The first-order chi connectivity index (χ1) is 8.60. The molecule has 0 fully saturated rings. The first-order valence-electron chi connectivity index (χ1n) is 5.65. The van der Waals surface area contributed by atoms with Gasteiger partial charge in [0.05, 0.1) is 18.4 Å². The van der Waals surface area contributed by atoms with Crippen LogP contribution >= 0.6 is 11.8 Å².